The molecule has 1 aromatic heterocycles. The third-order valence-electron chi connectivity index (χ3n) is 3.79. The molecule has 0 unspecified atom stereocenters. The molecule has 28 heavy (non-hydrogen) atoms. The Morgan fingerprint density at radius 2 is 1.79 bits per heavy atom. The van der Waals surface area contributed by atoms with E-state index in [0.29, 0.717) is 23.0 Å². The van der Waals surface area contributed by atoms with Crippen LogP contribution in [0.25, 0.3) is 0 Å². The van der Waals surface area contributed by atoms with Crippen LogP contribution >= 0.6 is 0 Å². The molecule has 0 aliphatic heterocycles. The predicted octanol–water partition coefficient (Wildman–Crippen LogP) is 4.14. The lowest BCUT2D eigenvalue weighted by atomic mass is 10.1. The highest BCUT2D eigenvalue weighted by Crippen LogP contribution is 2.21. The largest absolute Gasteiger partial charge is 0.465 e. The molecule has 3 rings (SSSR count). The van der Waals surface area contributed by atoms with E-state index < -0.39 is 23.5 Å². The number of nitrogens with one attached hydrogen (secondary N) is 2. The van der Waals surface area contributed by atoms with Gasteiger partial charge in [-0.3, -0.25) is 4.79 Å². The summed E-state index contributed by atoms with van der Waals surface area (Å²) in [5.41, 5.74) is 1.28. The second kappa shape index (κ2) is 8.26. The Balaban J connectivity index is 1.73. The number of halogens is 2. The number of hydrogen-bond acceptors (Lipinski definition) is 5. The third kappa shape index (κ3) is 4.29. The molecule has 0 aliphatic rings. The number of methoxy groups -OCH3 is 1. The first-order valence-electron chi connectivity index (χ1n) is 8.15. The number of rotatable bonds is 5. The van der Waals surface area contributed by atoms with Gasteiger partial charge in [0.2, 0.25) is 0 Å². The predicted molar refractivity (Wildman–Crippen MR) is 99.6 cm³/mol. The number of ether oxygens (including phenoxy) is 1. The summed E-state index contributed by atoms with van der Waals surface area (Å²) in [4.78, 5) is 28.0. The van der Waals surface area contributed by atoms with E-state index >= 15 is 0 Å². The van der Waals surface area contributed by atoms with Gasteiger partial charge in [-0.15, -0.1) is 0 Å². The van der Waals surface area contributed by atoms with Crippen LogP contribution in [0.5, 0.6) is 0 Å². The van der Waals surface area contributed by atoms with Crippen LogP contribution in [-0.2, 0) is 4.74 Å². The van der Waals surface area contributed by atoms with Crippen LogP contribution in [0.1, 0.15) is 20.8 Å². The Kier molecular flexibility index (Phi) is 5.59. The summed E-state index contributed by atoms with van der Waals surface area (Å²) in [6, 6.07) is 12.6. The lowest BCUT2D eigenvalue weighted by Gasteiger charge is -2.11. The SMILES string of the molecule is COC(=O)c1ccccc1Nc1ccc(C(=O)Nc2ccc(F)cc2F)nc1. The number of benzene rings is 2. The topological polar surface area (TPSA) is 80.3 Å². The van der Waals surface area contributed by atoms with Gasteiger partial charge < -0.3 is 15.4 Å². The Bertz CT molecular complexity index is 1020. The van der Waals surface area contributed by atoms with Crippen LogP contribution in [0.2, 0.25) is 0 Å². The molecule has 0 atom stereocenters. The fourth-order valence-electron chi connectivity index (χ4n) is 2.41. The maximum atomic E-state index is 13.6. The number of aromatic nitrogens is 1. The Morgan fingerprint density at radius 3 is 2.46 bits per heavy atom. The summed E-state index contributed by atoms with van der Waals surface area (Å²) in [5.74, 6) is -2.76. The van der Waals surface area contributed by atoms with Crippen molar-refractivity contribution < 1.29 is 23.1 Å². The highest BCUT2D eigenvalue weighted by molar-refractivity contribution is 6.03. The fraction of sp³-hybridized carbons (Fsp3) is 0.0500. The van der Waals surface area contributed by atoms with Crippen molar-refractivity contribution in [3.8, 4) is 0 Å². The summed E-state index contributed by atoms with van der Waals surface area (Å²) in [5, 5.41) is 5.35. The molecule has 8 heteroatoms. The number of carbonyl (C=O) groups excluding carboxylic acids is 2. The van der Waals surface area contributed by atoms with Crippen LogP contribution in [0, 0.1) is 11.6 Å². The summed E-state index contributed by atoms with van der Waals surface area (Å²) >= 11 is 0. The molecule has 142 valence electrons. The van der Waals surface area contributed by atoms with Crippen LogP contribution in [0.3, 0.4) is 0 Å². The number of amides is 1. The lowest BCUT2D eigenvalue weighted by molar-refractivity contribution is 0.0601. The maximum absolute atomic E-state index is 13.6. The molecule has 0 bridgehead atoms. The average Bonchev–Trinajstić information content (AvgIpc) is 2.70. The van der Waals surface area contributed by atoms with Crippen LogP contribution in [0.15, 0.2) is 60.8 Å². The molecule has 0 radical (unpaired) electrons. The van der Waals surface area contributed by atoms with Gasteiger partial charge in [-0.1, -0.05) is 12.1 Å². The number of carbonyl (C=O) groups is 2. The zero-order chi connectivity index (χ0) is 20.1. The standard InChI is InChI=1S/C20H15F2N3O3/c1-28-20(27)14-4-2-3-5-16(14)24-13-7-9-18(23-11-13)19(26)25-17-8-6-12(21)10-15(17)22/h2-11,24H,1H3,(H,25,26). The van der Waals surface area contributed by atoms with E-state index in [2.05, 4.69) is 15.6 Å². The molecule has 0 spiro atoms. The average molecular weight is 383 g/mol. The molecule has 2 N–H and O–H groups in total. The minimum absolute atomic E-state index is 0.0375. The minimum atomic E-state index is -0.883. The quantitative estimate of drug-likeness (QED) is 0.647. The fourth-order valence-corrected chi connectivity index (χ4v) is 2.41. The number of hydrogen-bond donors (Lipinski definition) is 2. The van der Waals surface area contributed by atoms with E-state index in [0.717, 1.165) is 12.1 Å². The van der Waals surface area contributed by atoms with Crippen molar-refractivity contribution in [3.05, 3.63) is 83.7 Å². The van der Waals surface area contributed by atoms with Crippen molar-refractivity contribution in [1.82, 2.24) is 4.98 Å². The second-order valence-electron chi connectivity index (χ2n) is 5.67. The van der Waals surface area contributed by atoms with E-state index in [1.165, 1.54) is 19.4 Å². The van der Waals surface area contributed by atoms with Crippen molar-refractivity contribution in [3.63, 3.8) is 0 Å². The Labute approximate surface area is 159 Å². The molecule has 0 aliphatic carbocycles. The number of para-hydroxylation sites is 1. The van der Waals surface area contributed by atoms with E-state index in [1.807, 2.05) is 0 Å². The monoisotopic (exact) mass is 383 g/mol. The molecule has 0 saturated carbocycles. The smallest absolute Gasteiger partial charge is 0.339 e. The highest BCUT2D eigenvalue weighted by atomic mass is 19.1. The summed E-state index contributed by atoms with van der Waals surface area (Å²) in [7, 11) is 1.29. The molecule has 1 amide bonds. The highest BCUT2D eigenvalue weighted by Gasteiger charge is 2.13. The number of anilines is 3. The van der Waals surface area contributed by atoms with Crippen molar-refractivity contribution in [2.24, 2.45) is 0 Å². The van der Waals surface area contributed by atoms with Crippen molar-refractivity contribution in [2.45, 2.75) is 0 Å². The molecular weight excluding hydrogens is 368 g/mol. The number of esters is 1. The van der Waals surface area contributed by atoms with Gasteiger partial charge >= 0.3 is 5.97 Å². The normalized spacial score (nSPS) is 10.2. The molecule has 3 aromatic rings. The van der Waals surface area contributed by atoms with Crippen molar-refractivity contribution in [1.29, 1.82) is 0 Å². The van der Waals surface area contributed by atoms with Crippen molar-refractivity contribution in [2.75, 3.05) is 17.7 Å². The van der Waals surface area contributed by atoms with E-state index in [1.54, 1.807) is 30.3 Å². The molecule has 6 nitrogen and oxygen atoms in total. The van der Waals surface area contributed by atoms with Gasteiger partial charge in [-0.25, -0.2) is 18.6 Å². The molecule has 2 aromatic carbocycles. The van der Waals surface area contributed by atoms with Gasteiger partial charge in [0.15, 0.2) is 0 Å². The van der Waals surface area contributed by atoms with Gasteiger partial charge in [-0.2, -0.15) is 0 Å². The molecule has 1 heterocycles. The van der Waals surface area contributed by atoms with Gasteiger partial charge in [0.05, 0.1) is 35.9 Å². The van der Waals surface area contributed by atoms with E-state index in [-0.39, 0.29) is 11.4 Å². The van der Waals surface area contributed by atoms with Gasteiger partial charge in [-0.05, 0) is 36.4 Å². The van der Waals surface area contributed by atoms with Crippen LogP contribution < -0.4 is 10.6 Å². The van der Waals surface area contributed by atoms with Gasteiger partial charge in [0.25, 0.3) is 5.91 Å². The summed E-state index contributed by atoms with van der Waals surface area (Å²) in [6.07, 6.45) is 1.39. The maximum Gasteiger partial charge on any atom is 0.339 e. The third-order valence-corrected chi connectivity index (χ3v) is 3.79. The first-order valence-corrected chi connectivity index (χ1v) is 8.15. The Morgan fingerprint density at radius 1 is 1.00 bits per heavy atom. The first-order chi connectivity index (χ1) is 13.5. The zero-order valence-corrected chi connectivity index (χ0v) is 14.7. The number of pyridine rings is 1. The van der Waals surface area contributed by atoms with Gasteiger partial charge in [0.1, 0.15) is 17.3 Å². The summed E-state index contributed by atoms with van der Waals surface area (Å²) < 4.78 is 31.3. The van der Waals surface area contributed by atoms with Crippen molar-refractivity contribution >= 4 is 28.9 Å². The lowest BCUT2D eigenvalue weighted by Crippen LogP contribution is -2.14. The number of nitrogens with zero attached hydrogens (tertiary/aromatic N) is 1. The van der Waals surface area contributed by atoms with E-state index in [4.69, 9.17) is 4.74 Å². The van der Waals surface area contributed by atoms with Gasteiger partial charge in [0, 0.05) is 6.07 Å². The molecule has 0 saturated heterocycles. The molecule has 0 fully saturated rings. The van der Waals surface area contributed by atoms with E-state index in [9.17, 15) is 18.4 Å². The van der Waals surface area contributed by atoms with Crippen LogP contribution in [0.4, 0.5) is 25.8 Å². The summed E-state index contributed by atoms with van der Waals surface area (Å²) in [6.45, 7) is 0. The zero-order valence-electron chi connectivity index (χ0n) is 14.7. The second-order valence-corrected chi connectivity index (χ2v) is 5.67. The Hall–Kier alpha value is -3.81. The van der Waals surface area contributed by atoms with Crippen LogP contribution in [-0.4, -0.2) is 24.0 Å². The first kappa shape index (κ1) is 19.0. The molecular formula is C20H15F2N3O3. The minimum Gasteiger partial charge on any atom is -0.465 e.